The van der Waals surface area contributed by atoms with Crippen molar-refractivity contribution >= 4 is 22.3 Å². The van der Waals surface area contributed by atoms with E-state index >= 15 is 0 Å². The van der Waals surface area contributed by atoms with Crippen LogP contribution < -0.4 is 15.1 Å². The molecule has 7 nitrogen and oxygen atoms in total. The van der Waals surface area contributed by atoms with Gasteiger partial charge in [0.15, 0.2) is 0 Å². The van der Waals surface area contributed by atoms with Crippen LogP contribution in [0, 0.1) is 11.3 Å². The fourth-order valence-corrected chi connectivity index (χ4v) is 5.93. The summed E-state index contributed by atoms with van der Waals surface area (Å²) in [5.74, 6) is 0. The Morgan fingerprint density at radius 2 is 1.89 bits per heavy atom. The van der Waals surface area contributed by atoms with Gasteiger partial charge in [0.2, 0.25) is 0 Å². The van der Waals surface area contributed by atoms with Crippen LogP contribution in [0.15, 0.2) is 48.7 Å². The molecule has 0 aliphatic carbocycles. The second-order valence-electron chi connectivity index (χ2n) is 9.92. The molecule has 0 unspecified atom stereocenters. The van der Waals surface area contributed by atoms with Crippen LogP contribution in [0.25, 0.3) is 10.9 Å². The third kappa shape index (κ3) is 4.34. The molecular formula is C28H32N6O. The van der Waals surface area contributed by atoms with Crippen molar-refractivity contribution < 1.29 is 4.74 Å². The minimum atomic E-state index is 0.150. The van der Waals surface area contributed by atoms with E-state index in [1.54, 1.807) is 6.20 Å². The van der Waals surface area contributed by atoms with Gasteiger partial charge in [-0.2, -0.15) is 5.26 Å². The fraction of sp³-hybridized carbons (Fsp3) is 0.429. The van der Waals surface area contributed by atoms with Crippen molar-refractivity contribution in [3.8, 4) is 6.07 Å². The molecule has 0 radical (unpaired) electrons. The number of anilines is 2. The van der Waals surface area contributed by atoms with Crippen molar-refractivity contribution in [2.45, 2.75) is 32.2 Å². The molecule has 3 aliphatic heterocycles. The predicted molar refractivity (Wildman–Crippen MR) is 139 cm³/mol. The third-order valence-electron chi connectivity index (χ3n) is 7.57. The highest BCUT2D eigenvalue weighted by molar-refractivity contribution is 5.95. The Bertz CT molecular complexity index is 1260. The van der Waals surface area contributed by atoms with E-state index in [9.17, 15) is 5.26 Å². The fourth-order valence-electron chi connectivity index (χ4n) is 5.93. The van der Waals surface area contributed by atoms with E-state index in [0.717, 1.165) is 75.5 Å². The first-order valence-corrected chi connectivity index (χ1v) is 12.7. The zero-order chi connectivity index (χ0) is 23.8. The Morgan fingerprint density at radius 3 is 2.74 bits per heavy atom. The van der Waals surface area contributed by atoms with Gasteiger partial charge in [0.1, 0.15) is 6.07 Å². The van der Waals surface area contributed by atoms with Crippen LogP contribution in [0.3, 0.4) is 0 Å². The summed E-state index contributed by atoms with van der Waals surface area (Å²) in [5.41, 5.74) is 6.87. The maximum absolute atomic E-state index is 9.50. The number of hydrogen-bond acceptors (Lipinski definition) is 7. The van der Waals surface area contributed by atoms with Gasteiger partial charge in [0, 0.05) is 81.9 Å². The minimum absolute atomic E-state index is 0.150. The summed E-state index contributed by atoms with van der Waals surface area (Å²) in [6, 6.07) is 17.0. The first-order valence-electron chi connectivity index (χ1n) is 12.7. The van der Waals surface area contributed by atoms with Gasteiger partial charge >= 0.3 is 0 Å². The van der Waals surface area contributed by atoms with Gasteiger partial charge in [0.05, 0.1) is 23.3 Å². The van der Waals surface area contributed by atoms with Crippen molar-refractivity contribution in [2.75, 3.05) is 55.6 Å². The van der Waals surface area contributed by atoms with Crippen LogP contribution in [-0.2, 0) is 17.8 Å². The molecular weight excluding hydrogens is 436 g/mol. The summed E-state index contributed by atoms with van der Waals surface area (Å²) < 4.78 is 6.40. The molecule has 2 saturated heterocycles. The Hall–Kier alpha value is -3.18. The summed E-state index contributed by atoms with van der Waals surface area (Å²) in [7, 11) is 0. The van der Waals surface area contributed by atoms with Crippen LogP contribution in [0.2, 0.25) is 0 Å². The van der Waals surface area contributed by atoms with E-state index in [4.69, 9.17) is 4.74 Å². The first kappa shape index (κ1) is 22.3. The molecule has 0 saturated carbocycles. The van der Waals surface area contributed by atoms with Crippen molar-refractivity contribution in [3.05, 3.63) is 65.4 Å². The Labute approximate surface area is 206 Å². The van der Waals surface area contributed by atoms with E-state index in [0.29, 0.717) is 5.56 Å². The molecule has 6 rings (SSSR count). The lowest BCUT2D eigenvalue weighted by Crippen LogP contribution is -2.54. The van der Waals surface area contributed by atoms with Crippen LogP contribution >= 0.6 is 0 Å². The van der Waals surface area contributed by atoms with Gasteiger partial charge in [-0.05, 0) is 48.4 Å². The monoisotopic (exact) mass is 468 g/mol. The molecule has 1 N–H and O–H groups in total. The highest BCUT2D eigenvalue weighted by atomic mass is 16.5. The lowest BCUT2D eigenvalue weighted by atomic mass is 10.1. The largest absolute Gasteiger partial charge is 0.370 e. The molecule has 180 valence electrons. The summed E-state index contributed by atoms with van der Waals surface area (Å²) in [6.45, 7) is 11.0. The van der Waals surface area contributed by atoms with Crippen molar-refractivity contribution in [3.63, 3.8) is 0 Å². The number of aromatic nitrogens is 1. The molecule has 2 fully saturated rings. The molecule has 3 aromatic rings. The lowest BCUT2D eigenvalue weighted by molar-refractivity contribution is -0.0327. The Morgan fingerprint density at radius 1 is 1.00 bits per heavy atom. The second kappa shape index (κ2) is 9.46. The van der Waals surface area contributed by atoms with E-state index < -0.39 is 0 Å². The highest BCUT2D eigenvalue weighted by Crippen LogP contribution is 2.31. The molecule has 2 aromatic carbocycles. The van der Waals surface area contributed by atoms with Gasteiger partial charge < -0.3 is 19.9 Å². The number of benzene rings is 2. The number of pyridine rings is 1. The molecule has 35 heavy (non-hydrogen) atoms. The molecule has 4 heterocycles. The quantitative estimate of drug-likeness (QED) is 0.631. The topological polar surface area (TPSA) is 67.7 Å². The molecule has 1 aromatic heterocycles. The van der Waals surface area contributed by atoms with Crippen LogP contribution in [0.4, 0.5) is 11.4 Å². The van der Waals surface area contributed by atoms with E-state index in [1.807, 2.05) is 12.1 Å². The summed E-state index contributed by atoms with van der Waals surface area (Å²) in [6.07, 6.45) is 2.06. The average molecular weight is 469 g/mol. The van der Waals surface area contributed by atoms with Gasteiger partial charge in [-0.3, -0.25) is 9.88 Å². The molecule has 7 heteroatoms. The average Bonchev–Trinajstić information content (AvgIpc) is 3.37. The Kier molecular flexibility index (Phi) is 6.03. The number of ether oxygens (including phenoxy) is 1. The number of hydrogen-bond donors (Lipinski definition) is 1. The normalized spacial score (nSPS) is 22.9. The maximum Gasteiger partial charge on any atom is 0.101 e. The smallest absolute Gasteiger partial charge is 0.101 e. The van der Waals surface area contributed by atoms with Gasteiger partial charge in [-0.1, -0.05) is 12.1 Å². The predicted octanol–water partition coefficient (Wildman–Crippen LogP) is 3.13. The Balaban J connectivity index is 1.13. The number of nitrogens with one attached hydrogen (secondary N) is 1. The number of rotatable bonds is 4. The zero-order valence-corrected chi connectivity index (χ0v) is 20.3. The molecule has 0 amide bonds. The van der Waals surface area contributed by atoms with E-state index in [2.05, 4.69) is 68.3 Å². The summed E-state index contributed by atoms with van der Waals surface area (Å²) in [5, 5.41) is 14.0. The zero-order valence-electron chi connectivity index (χ0n) is 20.3. The lowest BCUT2D eigenvalue weighted by Gasteiger charge is -2.42. The van der Waals surface area contributed by atoms with Gasteiger partial charge in [-0.15, -0.1) is 0 Å². The van der Waals surface area contributed by atoms with Crippen molar-refractivity contribution in [1.82, 2.24) is 15.2 Å². The third-order valence-corrected chi connectivity index (χ3v) is 7.57. The standard InChI is InChI=1S/C28H32N6O/c1-20-17-34(27-8-7-21(14-29)28-24(27)5-3-9-31-28)19-23(35-20)18-32-10-12-33(13-11-32)26-6-2-4-22-15-30-16-25(22)26/h2-9,20,23,30H,10-13,15-19H2,1H3/t20-,23+/m1/s1. The van der Waals surface area contributed by atoms with Crippen molar-refractivity contribution in [2.24, 2.45) is 0 Å². The first-order chi connectivity index (χ1) is 17.2. The summed E-state index contributed by atoms with van der Waals surface area (Å²) >= 11 is 0. The van der Waals surface area contributed by atoms with Crippen LogP contribution in [-0.4, -0.2) is 67.9 Å². The molecule has 0 bridgehead atoms. The number of morpholine rings is 1. The number of nitriles is 1. The maximum atomic E-state index is 9.50. The second-order valence-corrected chi connectivity index (χ2v) is 9.92. The summed E-state index contributed by atoms with van der Waals surface area (Å²) in [4.78, 5) is 12.0. The number of nitrogens with zero attached hydrogens (tertiary/aromatic N) is 5. The van der Waals surface area contributed by atoms with Crippen LogP contribution in [0.5, 0.6) is 0 Å². The number of fused-ring (bicyclic) bond motifs is 2. The molecule has 2 atom stereocenters. The minimum Gasteiger partial charge on any atom is -0.370 e. The molecule has 3 aliphatic rings. The van der Waals surface area contributed by atoms with Crippen LogP contribution in [0.1, 0.15) is 23.6 Å². The van der Waals surface area contributed by atoms with Gasteiger partial charge in [-0.25, -0.2) is 0 Å². The number of piperazine rings is 1. The SMILES string of the molecule is C[C@@H]1CN(c2ccc(C#N)c3ncccc23)C[C@H](CN2CCN(c3cccc4c3CNC4)CC2)O1. The van der Waals surface area contributed by atoms with E-state index in [-0.39, 0.29) is 12.2 Å². The molecule has 0 spiro atoms. The van der Waals surface area contributed by atoms with E-state index in [1.165, 1.54) is 16.8 Å². The highest BCUT2D eigenvalue weighted by Gasteiger charge is 2.30. The van der Waals surface area contributed by atoms with Crippen molar-refractivity contribution in [1.29, 1.82) is 5.26 Å². The van der Waals surface area contributed by atoms with Gasteiger partial charge in [0.25, 0.3) is 0 Å².